The number of hydrogen-bond acceptors (Lipinski definition) is 2. The number of amides is 1. The molecule has 0 aliphatic heterocycles. The molecule has 103 valence electrons. The lowest BCUT2D eigenvalue weighted by Crippen LogP contribution is -2.14. The van der Waals surface area contributed by atoms with Crippen molar-refractivity contribution in [3.63, 3.8) is 0 Å². The topological polar surface area (TPSA) is 42.0 Å². The van der Waals surface area contributed by atoms with Crippen molar-refractivity contribution in [1.29, 1.82) is 0 Å². The molecule has 0 aliphatic carbocycles. The highest BCUT2D eigenvalue weighted by molar-refractivity contribution is 6.03. The molecule has 1 amide bonds. The van der Waals surface area contributed by atoms with Crippen LogP contribution in [0.25, 0.3) is 0 Å². The van der Waals surface area contributed by atoms with E-state index >= 15 is 0 Å². The van der Waals surface area contributed by atoms with Gasteiger partial charge in [-0.05, 0) is 24.3 Å². The lowest BCUT2D eigenvalue weighted by atomic mass is 10.2. The van der Waals surface area contributed by atoms with Gasteiger partial charge in [-0.15, -0.1) is 0 Å². The third-order valence-electron chi connectivity index (χ3n) is 2.36. The highest BCUT2D eigenvalue weighted by atomic mass is 19.4. The van der Waals surface area contributed by atoms with E-state index in [9.17, 15) is 22.4 Å². The van der Waals surface area contributed by atoms with Gasteiger partial charge in [0.05, 0.1) is 5.56 Å². The van der Waals surface area contributed by atoms with Crippen molar-refractivity contribution in [3.8, 4) is 0 Å². The van der Waals surface area contributed by atoms with Crippen molar-refractivity contribution in [3.05, 3.63) is 59.5 Å². The van der Waals surface area contributed by atoms with Gasteiger partial charge < -0.3 is 5.32 Å². The first-order chi connectivity index (χ1) is 9.36. The molecule has 20 heavy (non-hydrogen) atoms. The maximum Gasteiger partial charge on any atom is 0.416 e. The van der Waals surface area contributed by atoms with E-state index in [1.807, 2.05) is 0 Å². The van der Waals surface area contributed by atoms with Gasteiger partial charge in [-0.3, -0.25) is 4.79 Å². The molecule has 1 aromatic heterocycles. The van der Waals surface area contributed by atoms with Crippen molar-refractivity contribution in [2.24, 2.45) is 0 Å². The van der Waals surface area contributed by atoms with Crippen LogP contribution in [0.5, 0.6) is 0 Å². The number of benzene rings is 1. The number of rotatable bonds is 2. The average molecular weight is 283 g/mol. The molecule has 0 spiro atoms. The zero-order valence-corrected chi connectivity index (χ0v) is 9.83. The van der Waals surface area contributed by atoms with Gasteiger partial charge in [-0.25, -0.2) is 9.37 Å². The average Bonchev–Trinajstić information content (AvgIpc) is 2.38. The van der Waals surface area contributed by atoms with Crippen LogP contribution in [0.3, 0.4) is 0 Å². The van der Waals surface area contributed by atoms with Gasteiger partial charge in [-0.1, -0.05) is 6.07 Å². The molecule has 2 aromatic rings. The molecule has 1 aromatic carbocycles. The molecule has 0 atom stereocenters. The van der Waals surface area contributed by atoms with E-state index in [1.165, 1.54) is 12.1 Å². The summed E-state index contributed by atoms with van der Waals surface area (Å²) in [6, 6.07) is 7.09. The minimum Gasteiger partial charge on any atom is -0.307 e. The largest absolute Gasteiger partial charge is 0.416 e. The predicted octanol–water partition coefficient (Wildman–Crippen LogP) is 3.29. The number of hydrogen-bond donors (Lipinski definition) is 1. The van der Waals surface area contributed by atoms with Crippen LogP contribution in [0.4, 0.5) is 23.4 Å². The van der Waals surface area contributed by atoms with Gasteiger partial charge in [0.15, 0.2) is 0 Å². The highest BCUT2D eigenvalue weighted by Gasteiger charge is 2.30. The number of carbonyl (C=O) groups is 1. The van der Waals surface area contributed by atoms with E-state index in [1.54, 1.807) is 0 Å². The number of halogens is 4. The van der Waals surface area contributed by atoms with Crippen molar-refractivity contribution in [2.45, 2.75) is 6.18 Å². The third-order valence-corrected chi connectivity index (χ3v) is 2.36. The SMILES string of the molecule is O=C(Nc1cc(C(F)(F)F)ccn1)c1cc[c]c(F)c1. The van der Waals surface area contributed by atoms with Gasteiger partial charge in [0.2, 0.25) is 0 Å². The molecule has 1 N–H and O–H groups in total. The number of pyridine rings is 1. The lowest BCUT2D eigenvalue weighted by molar-refractivity contribution is -0.137. The van der Waals surface area contributed by atoms with Crippen LogP contribution < -0.4 is 5.32 Å². The third kappa shape index (κ3) is 3.31. The quantitative estimate of drug-likeness (QED) is 0.859. The molecule has 0 unspecified atom stereocenters. The molecular formula is C13H7F4N2O. The number of carbonyl (C=O) groups excluding carboxylic acids is 1. The Morgan fingerprint density at radius 3 is 2.65 bits per heavy atom. The molecule has 1 radical (unpaired) electrons. The van der Waals surface area contributed by atoms with Crippen LogP contribution in [0.2, 0.25) is 0 Å². The van der Waals surface area contributed by atoms with Crippen LogP contribution in [0.1, 0.15) is 15.9 Å². The normalized spacial score (nSPS) is 11.2. The maximum absolute atomic E-state index is 12.9. The summed E-state index contributed by atoms with van der Waals surface area (Å²) in [6.07, 6.45) is -3.60. The summed E-state index contributed by atoms with van der Waals surface area (Å²) < 4.78 is 50.3. The summed E-state index contributed by atoms with van der Waals surface area (Å²) in [4.78, 5) is 15.3. The fraction of sp³-hybridized carbons (Fsp3) is 0.0769. The number of nitrogens with zero attached hydrogens (tertiary/aromatic N) is 1. The molecule has 0 fully saturated rings. The first kappa shape index (κ1) is 14.0. The Kier molecular flexibility index (Phi) is 3.69. The van der Waals surface area contributed by atoms with Gasteiger partial charge >= 0.3 is 6.18 Å². The monoisotopic (exact) mass is 283 g/mol. The second kappa shape index (κ2) is 5.28. The van der Waals surface area contributed by atoms with E-state index in [4.69, 9.17) is 0 Å². The van der Waals surface area contributed by atoms with Gasteiger partial charge in [0.25, 0.3) is 5.91 Å². The fourth-order valence-electron chi connectivity index (χ4n) is 1.44. The zero-order chi connectivity index (χ0) is 14.8. The standard InChI is InChI=1S/C13H7F4N2O/c14-10-3-1-2-8(6-10)12(20)19-11-7-9(4-5-18-11)13(15,16)17/h1-2,4-7H,(H,18,19,20). The van der Waals surface area contributed by atoms with Crippen LogP contribution in [0.15, 0.2) is 36.5 Å². The molecule has 0 saturated carbocycles. The van der Waals surface area contributed by atoms with Gasteiger partial charge in [-0.2, -0.15) is 13.2 Å². The second-order valence-corrected chi connectivity index (χ2v) is 3.81. The number of alkyl halides is 3. The highest BCUT2D eigenvalue weighted by Crippen LogP contribution is 2.29. The predicted molar refractivity (Wildman–Crippen MR) is 62.4 cm³/mol. The number of aromatic nitrogens is 1. The van der Waals surface area contributed by atoms with Gasteiger partial charge in [0.1, 0.15) is 11.6 Å². The Bertz CT molecular complexity index is 640. The Balaban J connectivity index is 2.20. The Morgan fingerprint density at radius 1 is 1.25 bits per heavy atom. The second-order valence-electron chi connectivity index (χ2n) is 3.81. The van der Waals surface area contributed by atoms with Gasteiger partial charge in [0, 0.05) is 17.8 Å². The Morgan fingerprint density at radius 2 is 2.00 bits per heavy atom. The minimum atomic E-state index is -4.53. The van der Waals surface area contributed by atoms with Crippen LogP contribution in [-0.2, 0) is 6.18 Å². The van der Waals surface area contributed by atoms with Crippen molar-refractivity contribution in [1.82, 2.24) is 4.98 Å². The molecular weight excluding hydrogens is 276 g/mol. The number of anilines is 1. The lowest BCUT2D eigenvalue weighted by Gasteiger charge is -2.09. The zero-order valence-electron chi connectivity index (χ0n) is 9.83. The van der Waals surface area contributed by atoms with Crippen molar-refractivity contribution >= 4 is 11.7 Å². The summed E-state index contributed by atoms with van der Waals surface area (Å²) in [5.74, 6) is -1.77. The van der Waals surface area contributed by atoms with E-state index in [-0.39, 0.29) is 11.4 Å². The summed E-state index contributed by atoms with van der Waals surface area (Å²) in [5, 5.41) is 2.17. The van der Waals surface area contributed by atoms with Crippen molar-refractivity contribution < 1.29 is 22.4 Å². The molecule has 0 bridgehead atoms. The van der Waals surface area contributed by atoms with E-state index < -0.39 is 23.5 Å². The molecule has 7 heteroatoms. The molecule has 3 nitrogen and oxygen atoms in total. The maximum atomic E-state index is 12.9. The van der Waals surface area contributed by atoms with Crippen LogP contribution in [0, 0.1) is 11.9 Å². The van der Waals surface area contributed by atoms with Crippen molar-refractivity contribution in [2.75, 3.05) is 5.32 Å². The summed E-state index contributed by atoms with van der Waals surface area (Å²) >= 11 is 0. The molecule has 1 heterocycles. The Labute approximate surface area is 111 Å². The van der Waals surface area contributed by atoms with Crippen LogP contribution in [-0.4, -0.2) is 10.9 Å². The summed E-state index contributed by atoms with van der Waals surface area (Å²) in [7, 11) is 0. The first-order valence-electron chi connectivity index (χ1n) is 5.38. The number of nitrogens with one attached hydrogen (secondary N) is 1. The molecule has 0 saturated heterocycles. The van der Waals surface area contributed by atoms with Crippen LogP contribution >= 0.6 is 0 Å². The summed E-state index contributed by atoms with van der Waals surface area (Å²) in [6.45, 7) is 0. The van der Waals surface area contributed by atoms with E-state index in [0.717, 1.165) is 18.3 Å². The Hall–Kier alpha value is -2.44. The molecule has 0 aliphatic rings. The molecule has 2 rings (SSSR count). The smallest absolute Gasteiger partial charge is 0.307 e. The van der Waals surface area contributed by atoms with E-state index in [0.29, 0.717) is 6.07 Å². The fourth-order valence-corrected chi connectivity index (χ4v) is 1.44. The van der Waals surface area contributed by atoms with E-state index in [2.05, 4.69) is 16.4 Å². The first-order valence-corrected chi connectivity index (χ1v) is 5.38. The minimum absolute atomic E-state index is 0.0412. The summed E-state index contributed by atoms with van der Waals surface area (Å²) in [5.41, 5.74) is -0.976.